The van der Waals surface area contributed by atoms with Crippen LogP contribution >= 0.6 is 15.9 Å². The van der Waals surface area contributed by atoms with Crippen LogP contribution < -0.4 is 10.5 Å². The monoisotopic (exact) mass is 315 g/mol. The summed E-state index contributed by atoms with van der Waals surface area (Å²) in [5.41, 5.74) is 0.806. The maximum atomic E-state index is 11.8. The van der Waals surface area contributed by atoms with Crippen LogP contribution in [0.1, 0.15) is 12.8 Å². The van der Waals surface area contributed by atoms with E-state index in [9.17, 15) is 4.79 Å². The van der Waals surface area contributed by atoms with Gasteiger partial charge < -0.3 is 9.64 Å². The first-order chi connectivity index (χ1) is 8.63. The quantitative estimate of drug-likeness (QED) is 0.846. The third-order valence-electron chi connectivity index (χ3n) is 3.42. The Morgan fingerprint density at radius 1 is 1.50 bits per heavy atom. The van der Waals surface area contributed by atoms with Gasteiger partial charge in [0.15, 0.2) is 0 Å². The molecule has 0 unspecified atom stereocenters. The number of halogens is 1. The first-order valence-corrected chi connectivity index (χ1v) is 6.88. The second-order valence-corrected chi connectivity index (χ2v) is 5.45. The van der Waals surface area contributed by atoms with Crippen molar-refractivity contribution < 1.29 is 4.74 Å². The van der Waals surface area contributed by atoms with Gasteiger partial charge in [0, 0.05) is 33.9 Å². The van der Waals surface area contributed by atoms with Crippen LogP contribution in [0.5, 0.6) is 0 Å². The normalized spacial score (nSPS) is 17.2. The number of hydrogen-bond donors (Lipinski definition) is 0. The molecule has 0 aromatic carbocycles. The van der Waals surface area contributed by atoms with E-state index in [2.05, 4.69) is 25.9 Å². The zero-order chi connectivity index (χ0) is 13.1. The van der Waals surface area contributed by atoms with Crippen LogP contribution in [0.3, 0.4) is 0 Å². The lowest BCUT2D eigenvalue weighted by Crippen LogP contribution is -2.36. The van der Waals surface area contributed by atoms with Crippen molar-refractivity contribution in [1.82, 2.24) is 9.78 Å². The number of aryl methyl sites for hydroxylation is 1. The fourth-order valence-corrected chi connectivity index (χ4v) is 2.91. The number of piperidine rings is 1. The lowest BCUT2D eigenvalue weighted by Gasteiger charge is -2.33. The molecule has 0 amide bonds. The summed E-state index contributed by atoms with van der Waals surface area (Å²) in [5, 5.41) is 4.08. The number of aromatic nitrogens is 2. The fourth-order valence-electron chi connectivity index (χ4n) is 2.30. The Labute approximate surface area is 115 Å². The summed E-state index contributed by atoms with van der Waals surface area (Å²) in [5.74, 6) is 0.629. The summed E-state index contributed by atoms with van der Waals surface area (Å²) in [6, 6.07) is 0. The van der Waals surface area contributed by atoms with Gasteiger partial charge in [0.2, 0.25) is 0 Å². The molecule has 18 heavy (non-hydrogen) atoms. The third-order valence-corrected chi connectivity index (χ3v) is 4.16. The van der Waals surface area contributed by atoms with Crippen LogP contribution in [-0.2, 0) is 11.8 Å². The van der Waals surface area contributed by atoms with E-state index in [1.54, 1.807) is 20.4 Å². The standard InChI is InChI=1S/C12H18BrN3O2/c1-15-12(17)11(13)10(7-14-15)16-5-3-9(4-6-16)8-18-2/h7,9H,3-6,8H2,1-2H3. The average Bonchev–Trinajstić information content (AvgIpc) is 2.38. The summed E-state index contributed by atoms with van der Waals surface area (Å²) in [6.45, 7) is 2.72. The summed E-state index contributed by atoms with van der Waals surface area (Å²) < 4.78 is 7.13. The minimum absolute atomic E-state index is 0.0912. The first kappa shape index (κ1) is 13.5. The number of rotatable bonds is 3. The van der Waals surface area contributed by atoms with Gasteiger partial charge in [-0.1, -0.05) is 0 Å². The van der Waals surface area contributed by atoms with E-state index in [1.165, 1.54) is 4.68 Å². The van der Waals surface area contributed by atoms with Gasteiger partial charge in [-0.25, -0.2) is 4.68 Å². The molecule has 100 valence electrons. The van der Waals surface area contributed by atoms with Crippen molar-refractivity contribution in [3.05, 3.63) is 21.0 Å². The summed E-state index contributed by atoms with van der Waals surface area (Å²) in [7, 11) is 3.40. The van der Waals surface area contributed by atoms with Gasteiger partial charge in [0.25, 0.3) is 5.56 Å². The van der Waals surface area contributed by atoms with Gasteiger partial charge in [-0.2, -0.15) is 5.10 Å². The largest absolute Gasteiger partial charge is 0.384 e. The molecule has 0 bridgehead atoms. The van der Waals surface area contributed by atoms with Crippen molar-refractivity contribution in [3.63, 3.8) is 0 Å². The van der Waals surface area contributed by atoms with Crippen molar-refractivity contribution in [2.75, 3.05) is 31.7 Å². The number of anilines is 1. The highest BCUT2D eigenvalue weighted by Crippen LogP contribution is 2.26. The Kier molecular flexibility index (Phi) is 4.40. The van der Waals surface area contributed by atoms with E-state index >= 15 is 0 Å². The molecule has 1 saturated heterocycles. The second-order valence-electron chi connectivity index (χ2n) is 4.66. The molecule has 2 heterocycles. The predicted octanol–water partition coefficient (Wildman–Crippen LogP) is 1.41. The van der Waals surface area contributed by atoms with E-state index in [0.29, 0.717) is 10.4 Å². The molecule has 0 atom stereocenters. The Balaban J connectivity index is 2.10. The molecule has 1 aromatic rings. The lowest BCUT2D eigenvalue weighted by molar-refractivity contribution is 0.139. The van der Waals surface area contributed by atoms with E-state index in [0.717, 1.165) is 38.2 Å². The van der Waals surface area contributed by atoms with Crippen molar-refractivity contribution in [3.8, 4) is 0 Å². The first-order valence-electron chi connectivity index (χ1n) is 6.09. The van der Waals surface area contributed by atoms with Crippen LogP contribution in [0.2, 0.25) is 0 Å². The maximum Gasteiger partial charge on any atom is 0.282 e. The lowest BCUT2D eigenvalue weighted by atomic mass is 9.97. The summed E-state index contributed by atoms with van der Waals surface area (Å²) in [6.07, 6.45) is 3.94. The smallest absolute Gasteiger partial charge is 0.282 e. The van der Waals surface area contributed by atoms with Gasteiger partial charge >= 0.3 is 0 Å². The van der Waals surface area contributed by atoms with Crippen molar-refractivity contribution in [2.45, 2.75) is 12.8 Å². The molecule has 2 rings (SSSR count). The predicted molar refractivity (Wildman–Crippen MR) is 74.0 cm³/mol. The molecule has 0 aliphatic carbocycles. The zero-order valence-electron chi connectivity index (χ0n) is 10.7. The molecule has 0 spiro atoms. The Hall–Kier alpha value is -0.880. The van der Waals surface area contributed by atoms with Crippen molar-refractivity contribution in [1.29, 1.82) is 0 Å². The number of nitrogens with zero attached hydrogens (tertiary/aromatic N) is 3. The number of ether oxygens (including phenoxy) is 1. The minimum Gasteiger partial charge on any atom is -0.384 e. The highest BCUT2D eigenvalue weighted by Gasteiger charge is 2.22. The fraction of sp³-hybridized carbons (Fsp3) is 0.667. The van der Waals surface area contributed by atoms with E-state index in [4.69, 9.17) is 4.74 Å². The van der Waals surface area contributed by atoms with Gasteiger partial charge in [0.1, 0.15) is 4.47 Å². The SMILES string of the molecule is COCC1CCN(c2cnn(C)c(=O)c2Br)CC1. The Morgan fingerprint density at radius 3 is 2.78 bits per heavy atom. The van der Waals surface area contributed by atoms with Gasteiger partial charge in [-0.15, -0.1) is 0 Å². The molecule has 0 radical (unpaired) electrons. The molecule has 5 nitrogen and oxygen atoms in total. The topological polar surface area (TPSA) is 47.4 Å². The van der Waals surface area contributed by atoms with E-state index < -0.39 is 0 Å². The van der Waals surface area contributed by atoms with Gasteiger partial charge in [-0.05, 0) is 34.7 Å². The van der Waals surface area contributed by atoms with E-state index in [-0.39, 0.29) is 5.56 Å². The highest BCUT2D eigenvalue weighted by atomic mass is 79.9. The van der Waals surface area contributed by atoms with Gasteiger partial charge in [0.05, 0.1) is 11.9 Å². The highest BCUT2D eigenvalue weighted by molar-refractivity contribution is 9.10. The van der Waals surface area contributed by atoms with Gasteiger partial charge in [-0.3, -0.25) is 4.79 Å². The second kappa shape index (κ2) is 5.84. The molecular formula is C12H18BrN3O2. The Morgan fingerprint density at radius 2 is 2.17 bits per heavy atom. The number of hydrogen-bond acceptors (Lipinski definition) is 4. The molecule has 1 aliphatic rings. The molecule has 0 saturated carbocycles. The van der Waals surface area contributed by atoms with Crippen LogP contribution in [-0.4, -0.2) is 36.6 Å². The molecule has 1 aromatic heterocycles. The summed E-state index contributed by atoms with van der Waals surface area (Å²) >= 11 is 3.37. The zero-order valence-corrected chi connectivity index (χ0v) is 12.3. The van der Waals surface area contributed by atoms with Crippen LogP contribution in [0.4, 0.5) is 5.69 Å². The van der Waals surface area contributed by atoms with E-state index in [1.807, 2.05) is 0 Å². The van der Waals surface area contributed by atoms with Crippen molar-refractivity contribution >= 4 is 21.6 Å². The van der Waals surface area contributed by atoms with Crippen LogP contribution in [0.15, 0.2) is 15.5 Å². The maximum absolute atomic E-state index is 11.8. The van der Waals surface area contributed by atoms with Crippen molar-refractivity contribution in [2.24, 2.45) is 13.0 Å². The third kappa shape index (κ3) is 2.75. The molecule has 1 aliphatic heterocycles. The molecule has 0 N–H and O–H groups in total. The van der Waals surface area contributed by atoms with Crippen LogP contribution in [0.25, 0.3) is 0 Å². The number of methoxy groups -OCH3 is 1. The molecular weight excluding hydrogens is 298 g/mol. The molecule has 6 heteroatoms. The Bertz CT molecular complexity index is 467. The minimum atomic E-state index is -0.0912. The molecule has 1 fully saturated rings. The van der Waals surface area contributed by atoms with Crippen LogP contribution in [0, 0.1) is 5.92 Å². The summed E-state index contributed by atoms with van der Waals surface area (Å²) in [4.78, 5) is 14.0. The average molecular weight is 316 g/mol.